The third-order valence-electron chi connectivity index (χ3n) is 2.85. The van der Waals surface area contributed by atoms with Crippen molar-refractivity contribution in [2.75, 3.05) is 0 Å². The first-order valence-electron chi connectivity index (χ1n) is 5.56. The molecule has 1 fully saturated rings. The van der Waals surface area contributed by atoms with E-state index in [0.717, 1.165) is 12.3 Å². The maximum atomic E-state index is 11.9. The average molecular weight is 182 g/mol. The summed E-state index contributed by atoms with van der Waals surface area (Å²) >= 11 is 0. The van der Waals surface area contributed by atoms with Crippen molar-refractivity contribution in [3.63, 3.8) is 0 Å². The first-order valence-corrected chi connectivity index (χ1v) is 5.56. The van der Waals surface area contributed by atoms with Gasteiger partial charge in [-0.05, 0) is 31.1 Å². The van der Waals surface area contributed by atoms with E-state index < -0.39 is 0 Å². The molecule has 0 aromatic heterocycles. The second-order valence-corrected chi connectivity index (χ2v) is 5.13. The summed E-state index contributed by atoms with van der Waals surface area (Å²) in [5.41, 5.74) is 0. The quantitative estimate of drug-likeness (QED) is 0.637. The molecule has 1 atom stereocenters. The van der Waals surface area contributed by atoms with Gasteiger partial charge in [0.05, 0.1) is 0 Å². The molecule has 0 bridgehead atoms. The Bertz CT molecular complexity index is 178. The number of hydrogen-bond donors (Lipinski definition) is 0. The fourth-order valence-corrected chi connectivity index (χ4v) is 1.98. The molecule has 0 saturated heterocycles. The third-order valence-corrected chi connectivity index (χ3v) is 2.85. The summed E-state index contributed by atoms with van der Waals surface area (Å²) in [6, 6.07) is 0. The Morgan fingerprint density at radius 2 is 1.77 bits per heavy atom. The summed E-state index contributed by atoms with van der Waals surface area (Å²) < 4.78 is 0. The Morgan fingerprint density at radius 1 is 1.23 bits per heavy atom. The van der Waals surface area contributed by atoms with E-state index in [4.69, 9.17) is 0 Å². The number of carbonyl (C=O) groups excluding carboxylic acids is 1. The highest BCUT2D eigenvalue weighted by Gasteiger charge is 2.36. The molecule has 0 amide bonds. The van der Waals surface area contributed by atoms with Crippen LogP contribution in [0.4, 0.5) is 0 Å². The van der Waals surface area contributed by atoms with Crippen LogP contribution in [0.25, 0.3) is 0 Å². The predicted octanol–water partition coefficient (Wildman–Crippen LogP) is 3.28. The van der Waals surface area contributed by atoms with Gasteiger partial charge in [-0.1, -0.05) is 27.7 Å². The fourth-order valence-electron chi connectivity index (χ4n) is 1.98. The summed E-state index contributed by atoms with van der Waals surface area (Å²) in [7, 11) is 0. The van der Waals surface area contributed by atoms with Gasteiger partial charge in [-0.15, -0.1) is 0 Å². The zero-order valence-corrected chi connectivity index (χ0v) is 9.34. The van der Waals surface area contributed by atoms with Crippen LogP contribution in [0.3, 0.4) is 0 Å². The van der Waals surface area contributed by atoms with Crippen LogP contribution in [0.15, 0.2) is 0 Å². The Morgan fingerprint density at radius 3 is 2.08 bits per heavy atom. The van der Waals surface area contributed by atoms with Crippen molar-refractivity contribution in [2.45, 2.75) is 47.0 Å². The Balaban J connectivity index is 2.51. The topological polar surface area (TPSA) is 17.1 Å². The lowest BCUT2D eigenvalue weighted by atomic mass is 9.85. The van der Waals surface area contributed by atoms with E-state index in [9.17, 15) is 4.79 Å². The minimum absolute atomic E-state index is 0.226. The molecule has 0 aromatic carbocycles. The predicted molar refractivity (Wildman–Crippen MR) is 55.5 cm³/mol. The molecule has 0 heterocycles. The van der Waals surface area contributed by atoms with E-state index in [1.807, 2.05) is 13.8 Å². The summed E-state index contributed by atoms with van der Waals surface area (Å²) in [5, 5.41) is 0. The lowest BCUT2D eigenvalue weighted by Gasteiger charge is -2.19. The van der Waals surface area contributed by atoms with Gasteiger partial charge in [-0.3, -0.25) is 4.79 Å². The highest BCUT2D eigenvalue weighted by atomic mass is 16.1. The maximum absolute atomic E-state index is 11.9. The van der Waals surface area contributed by atoms with Crippen molar-refractivity contribution in [2.24, 2.45) is 23.7 Å². The molecule has 0 spiro atoms. The zero-order valence-electron chi connectivity index (χ0n) is 9.34. The molecule has 1 nitrogen and oxygen atoms in total. The number of ketones is 1. The van der Waals surface area contributed by atoms with Crippen molar-refractivity contribution >= 4 is 5.78 Å². The smallest absolute Gasteiger partial charge is 0.138 e. The minimum atomic E-state index is 0.226. The maximum Gasteiger partial charge on any atom is 0.138 e. The Kier molecular flexibility index (Phi) is 3.52. The number of hydrogen-bond acceptors (Lipinski definition) is 1. The second kappa shape index (κ2) is 4.26. The van der Waals surface area contributed by atoms with E-state index in [0.29, 0.717) is 17.6 Å². The Labute approximate surface area is 81.9 Å². The number of rotatable bonds is 5. The van der Waals surface area contributed by atoms with E-state index in [2.05, 4.69) is 13.8 Å². The van der Waals surface area contributed by atoms with Crippen molar-refractivity contribution in [1.29, 1.82) is 0 Å². The summed E-state index contributed by atoms with van der Waals surface area (Å²) in [6.45, 7) is 8.47. The molecule has 1 aliphatic rings. The van der Waals surface area contributed by atoms with Crippen LogP contribution in [0, 0.1) is 23.7 Å². The SMILES string of the molecule is CC(C)CC(C(=O)C(C)C)C1CC1. The van der Waals surface area contributed by atoms with Gasteiger partial charge in [0.2, 0.25) is 0 Å². The molecule has 0 N–H and O–H groups in total. The van der Waals surface area contributed by atoms with Crippen LogP contribution in [0.5, 0.6) is 0 Å². The lowest BCUT2D eigenvalue weighted by molar-refractivity contribution is -0.127. The highest BCUT2D eigenvalue weighted by molar-refractivity contribution is 5.83. The third kappa shape index (κ3) is 3.13. The number of carbonyl (C=O) groups is 1. The van der Waals surface area contributed by atoms with Gasteiger partial charge in [-0.25, -0.2) is 0 Å². The van der Waals surface area contributed by atoms with Crippen LogP contribution in [-0.2, 0) is 4.79 Å². The van der Waals surface area contributed by atoms with Gasteiger partial charge in [0.1, 0.15) is 5.78 Å². The van der Waals surface area contributed by atoms with Crippen molar-refractivity contribution < 1.29 is 4.79 Å². The monoisotopic (exact) mass is 182 g/mol. The van der Waals surface area contributed by atoms with Crippen molar-refractivity contribution in [1.82, 2.24) is 0 Å². The fraction of sp³-hybridized carbons (Fsp3) is 0.917. The van der Waals surface area contributed by atoms with Gasteiger partial charge < -0.3 is 0 Å². The molecular weight excluding hydrogens is 160 g/mol. The van der Waals surface area contributed by atoms with Crippen molar-refractivity contribution in [3.8, 4) is 0 Å². The molecular formula is C12H22O. The summed E-state index contributed by atoms with van der Waals surface area (Å²) in [4.78, 5) is 11.9. The van der Waals surface area contributed by atoms with Crippen LogP contribution in [-0.4, -0.2) is 5.78 Å². The first-order chi connectivity index (χ1) is 6.02. The van der Waals surface area contributed by atoms with Crippen LogP contribution < -0.4 is 0 Å². The normalized spacial score (nSPS) is 19.5. The second-order valence-electron chi connectivity index (χ2n) is 5.13. The molecule has 1 unspecified atom stereocenters. The summed E-state index contributed by atoms with van der Waals surface area (Å²) in [5.74, 6) is 2.49. The van der Waals surface area contributed by atoms with Crippen LogP contribution in [0.2, 0.25) is 0 Å². The van der Waals surface area contributed by atoms with Gasteiger partial charge in [0.25, 0.3) is 0 Å². The Hall–Kier alpha value is -0.330. The lowest BCUT2D eigenvalue weighted by Crippen LogP contribution is -2.23. The van der Waals surface area contributed by atoms with Gasteiger partial charge in [0.15, 0.2) is 0 Å². The van der Waals surface area contributed by atoms with E-state index in [1.165, 1.54) is 12.8 Å². The first kappa shape index (κ1) is 10.7. The molecule has 1 rings (SSSR count). The van der Waals surface area contributed by atoms with Crippen molar-refractivity contribution in [3.05, 3.63) is 0 Å². The van der Waals surface area contributed by atoms with E-state index in [-0.39, 0.29) is 5.92 Å². The van der Waals surface area contributed by atoms with E-state index >= 15 is 0 Å². The molecule has 13 heavy (non-hydrogen) atoms. The molecule has 0 aromatic rings. The average Bonchev–Trinajstić information content (AvgIpc) is 2.80. The molecule has 0 radical (unpaired) electrons. The minimum Gasteiger partial charge on any atom is -0.299 e. The summed E-state index contributed by atoms with van der Waals surface area (Å²) in [6.07, 6.45) is 3.67. The zero-order chi connectivity index (χ0) is 10.0. The molecule has 1 heteroatoms. The largest absolute Gasteiger partial charge is 0.299 e. The molecule has 0 aliphatic heterocycles. The highest BCUT2D eigenvalue weighted by Crippen LogP contribution is 2.41. The van der Waals surface area contributed by atoms with E-state index in [1.54, 1.807) is 0 Å². The molecule has 1 saturated carbocycles. The van der Waals surface area contributed by atoms with Gasteiger partial charge in [0, 0.05) is 11.8 Å². The number of Topliss-reactive ketones (excluding diaryl/α,β-unsaturated/α-hetero) is 1. The van der Waals surface area contributed by atoms with Gasteiger partial charge in [-0.2, -0.15) is 0 Å². The molecule has 1 aliphatic carbocycles. The van der Waals surface area contributed by atoms with Crippen LogP contribution >= 0.6 is 0 Å². The van der Waals surface area contributed by atoms with Crippen LogP contribution in [0.1, 0.15) is 47.0 Å². The van der Waals surface area contributed by atoms with Gasteiger partial charge >= 0.3 is 0 Å². The standard InChI is InChI=1S/C12H22O/c1-8(2)7-11(10-5-6-10)12(13)9(3)4/h8-11H,5-7H2,1-4H3. The molecule has 76 valence electrons.